The zero-order valence-corrected chi connectivity index (χ0v) is 10.6. The highest BCUT2D eigenvalue weighted by Crippen LogP contribution is 2.17. The van der Waals surface area contributed by atoms with Crippen LogP contribution < -0.4 is 4.72 Å². The van der Waals surface area contributed by atoms with Gasteiger partial charge in [0.05, 0.1) is 11.5 Å². The maximum Gasteiger partial charge on any atom is 0.263 e. The predicted molar refractivity (Wildman–Crippen MR) is 67.4 cm³/mol. The molecular weight excluding hydrogens is 271 g/mol. The van der Waals surface area contributed by atoms with Crippen molar-refractivity contribution in [2.45, 2.75) is 11.5 Å². The molecule has 1 aromatic heterocycles. The molecule has 7 heteroatoms. The van der Waals surface area contributed by atoms with E-state index in [1.54, 1.807) is 12.1 Å². The van der Waals surface area contributed by atoms with Gasteiger partial charge in [-0.1, -0.05) is 6.07 Å². The lowest BCUT2D eigenvalue weighted by Crippen LogP contribution is -2.15. The van der Waals surface area contributed by atoms with E-state index in [4.69, 9.17) is 5.11 Å². The molecule has 0 amide bonds. The van der Waals surface area contributed by atoms with E-state index in [2.05, 4.69) is 9.71 Å². The third-order valence-corrected chi connectivity index (χ3v) is 3.77. The molecule has 0 bridgehead atoms. The van der Waals surface area contributed by atoms with Crippen molar-refractivity contribution in [3.8, 4) is 0 Å². The average Bonchev–Trinajstić information content (AvgIpc) is 2.39. The molecule has 2 aromatic rings. The summed E-state index contributed by atoms with van der Waals surface area (Å²) in [4.78, 5) is 3.77. The Balaban J connectivity index is 2.34. The van der Waals surface area contributed by atoms with E-state index in [-0.39, 0.29) is 17.3 Å². The number of aromatic nitrogens is 1. The molecule has 0 atom stereocenters. The number of aliphatic hydroxyl groups is 1. The summed E-state index contributed by atoms with van der Waals surface area (Å²) in [6.45, 7) is -0.338. The predicted octanol–water partition coefficient (Wildman–Crippen LogP) is 1.51. The molecule has 5 nitrogen and oxygen atoms in total. The summed E-state index contributed by atoms with van der Waals surface area (Å²) in [5.41, 5.74) is 0.355. The van der Waals surface area contributed by atoms with Crippen molar-refractivity contribution >= 4 is 15.8 Å². The number of hydrogen-bond acceptors (Lipinski definition) is 4. The summed E-state index contributed by atoms with van der Waals surface area (Å²) in [5, 5.41) is 9.10. The molecule has 0 unspecified atom stereocenters. The van der Waals surface area contributed by atoms with Gasteiger partial charge in [-0.3, -0.25) is 4.72 Å². The summed E-state index contributed by atoms with van der Waals surface area (Å²) in [7, 11) is -3.85. The van der Waals surface area contributed by atoms with Crippen molar-refractivity contribution in [3.05, 3.63) is 54.0 Å². The van der Waals surface area contributed by atoms with Crippen LogP contribution in [0, 0.1) is 5.82 Å². The molecular formula is C12H11FN2O3S. The van der Waals surface area contributed by atoms with Crippen molar-refractivity contribution in [3.63, 3.8) is 0 Å². The van der Waals surface area contributed by atoms with Gasteiger partial charge >= 0.3 is 0 Å². The molecule has 0 spiro atoms. The van der Waals surface area contributed by atoms with Crippen LogP contribution in [0.1, 0.15) is 5.56 Å². The fraction of sp³-hybridized carbons (Fsp3) is 0.0833. The normalized spacial score (nSPS) is 11.3. The van der Waals surface area contributed by atoms with Gasteiger partial charge in [-0.15, -0.1) is 0 Å². The minimum atomic E-state index is -3.85. The van der Waals surface area contributed by atoms with Gasteiger partial charge in [0.2, 0.25) is 0 Å². The molecule has 1 heterocycles. The van der Waals surface area contributed by atoms with Crippen LogP contribution in [0.4, 0.5) is 10.2 Å². The van der Waals surface area contributed by atoms with Crippen molar-refractivity contribution < 1.29 is 17.9 Å². The smallest absolute Gasteiger partial charge is 0.263 e. The fourth-order valence-electron chi connectivity index (χ4n) is 1.46. The van der Waals surface area contributed by atoms with Crippen LogP contribution in [0.5, 0.6) is 0 Å². The Kier molecular flexibility index (Phi) is 3.77. The second kappa shape index (κ2) is 5.33. The van der Waals surface area contributed by atoms with E-state index in [1.165, 1.54) is 6.20 Å². The lowest BCUT2D eigenvalue weighted by molar-refractivity contribution is 0.282. The number of nitrogens with zero attached hydrogens (tertiary/aromatic N) is 1. The zero-order chi connectivity index (χ0) is 13.9. The van der Waals surface area contributed by atoms with Crippen LogP contribution in [0.2, 0.25) is 0 Å². The summed E-state index contributed by atoms with van der Waals surface area (Å²) < 4.78 is 39.1. The Hall–Kier alpha value is -1.99. The third-order valence-electron chi connectivity index (χ3n) is 2.42. The van der Waals surface area contributed by atoms with Crippen molar-refractivity contribution in [1.29, 1.82) is 0 Å². The monoisotopic (exact) mass is 282 g/mol. The minimum Gasteiger partial charge on any atom is -0.392 e. The van der Waals surface area contributed by atoms with E-state index in [1.807, 2.05) is 0 Å². The maximum absolute atomic E-state index is 12.8. The number of sulfonamides is 1. The van der Waals surface area contributed by atoms with E-state index >= 15 is 0 Å². The molecule has 2 N–H and O–H groups in total. The lowest BCUT2D eigenvalue weighted by atomic mass is 10.3. The highest BCUT2D eigenvalue weighted by Gasteiger charge is 2.16. The Labute approximate surface area is 109 Å². The highest BCUT2D eigenvalue weighted by atomic mass is 32.2. The Morgan fingerprint density at radius 1 is 1.21 bits per heavy atom. The number of pyridine rings is 1. The Bertz CT molecular complexity index is 672. The molecule has 0 radical (unpaired) electrons. The molecule has 1 aromatic carbocycles. The number of aliphatic hydroxyl groups excluding tert-OH is 1. The molecule has 2 rings (SSSR count). The van der Waals surface area contributed by atoms with Gasteiger partial charge in [-0.2, -0.15) is 0 Å². The number of hydrogen-bond donors (Lipinski definition) is 2. The van der Waals surface area contributed by atoms with Crippen LogP contribution >= 0.6 is 0 Å². The number of benzene rings is 1. The standard InChI is InChI=1S/C12H11FN2O3S/c13-10-3-5-11(6-4-10)19(17,18)15-12-9(8-16)2-1-7-14-12/h1-7,16H,8H2,(H,14,15). The third kappa shape index (κ3) is 3.07. The summed E-state index contributed by atoms with van der Waals surface area (Å²) in [6, 6.07) is 7.55. The molecule has 0 fully saturated rings. The first-order chi connectivity index (χ1) is 9.03. The van der Waals surface area contributed by atoms with Crippen LogP contribution in [-0.4, -0.2) is 18.5 Å². The molecule has 0 aliphatic carbocycles. The number of anilines is 1. The maximum atomic E-state index is 12.8. The van der Waals surface area contributed by atoms with E-state index in [9.17, 15) is 12.8 Å². The number of halogens is 1. The zero-order valence-electron chi connectivity index (χ0n) is 9.75. The Morgan fingerprint density at radius 3 is 2.53 bits per heavy atom. The first kappa shape index (κ1) is 13.4. The average molecular weight is 282 g/mol. The van der Waals surface area contributed by atoms with Crippen LogP contribution in [-0.2, 0) is 16.6 Å². The fourth-order valence-corrected chi connectivity index (χ4v) is 2.51. The molecule has 0 aliphatic heterocycles. The molecule has 100 valence electrons. The van der Waals surface area contributed by atoms with E-state index in [0.29, 0.717) is 5.56 Å². The quantitative estimate of drug-likeness (QED) is 0.891. The molecule has 19 heavy (non-hydrogen) atoms. The Morgan fingerprint density at radius 2 is 1.89 bits per heavy atom. The van der Waals surface area contributed by atoms with E-state index in [0.717, 1.165) is 24.3 Å². The second-order valence-corrected chi connectivity index (χ2v) is 5.41. The van der Waals surface area contributed by atoms with Gasteiger partial charge in [0.1, 0.15) is 11.6 Å². The molecule has 0 aliphatic rings. The first-order valence-electron chi connectivity index (χ1n) is 5.36. The molecule has 0 saturated heterocycles. The molecule has 0 saturated carbocycles. The highest BCUT2D eigenvalue weighted by molar-refractivity contribution is 7.92. The van der Waals surface area contributed by atoms with Gasteiger partial charge in [-0.25, -0.2) is 17.8 Å². The number of rotatable bonds is 4. The van der Waals surface area contributed by atoms with Crippen LogP contribution in [0.25, 0.3) is 0 Å². The summed E-state index contributed by atoms with van der Waals surface area (Å²) in [5.74, 6) is -0.470. The van der Waals surface area contributed by atoms with Gasteiger partial charge in [0, 0.05) is 11.8 Å². The SMILES string of the molecule is O=S(=O)(Nc1ncccc1CO)c1ccc(F)cc1. The van der Waals surface area contributed by atoms with Gasteiger partial charge < -0.3 is 5.11 Å². The second-order valence-electron chi connectivity index (χ2n) is 3.73. The van der Waals surface area contributed by atoms with Crippen LogP contribution in [0.3, 0.4) is 0 Å². The van der Waals surface area contributed by atoms with Crippen molar-refractivity contribution in [2.75, 3.05) is 4.72 Å². The van der Waals surface area contributed by atoms with Gasteiger partial charge in [0.25, 0.3) is 10.0 Å². The minimum absolute atomic E-state index is 0.0503. The van der Waals surface area contributed by atoms with Gasteiger partial charge in [0.15, 0.2) is 0 Å². The van der Waals surface area contributed by atoms with Gasteiger partial charge in [-0.05, 0) is 30.3 Å². The van der Waals surface area contributed by atoms with E-state index < -0.39 is 15.8 Å². The van der Waals surface area contributed by atoms with Crippen molar-refractivity contribution in [1.82, 2.24) is 4.98 Å². The lowest BCUT2D eigenvalue weighted by Gasteiger charge is -2.10. The van der Waals surface area contributed by atoms with Crippen LogP contribution in [0.15, 0.2) is 47.5 Å². The number of nitrogens with one attached hydrogen (secondary N) is 1. The summed E-state index contributed by atoms with van der Waals surface area (Å²) >= 11 is 0. The topological polar surface area (TPSA) is 79.3 Å². The first-order valence-corrected chi connectivity index (χ1v) is 6.84. The van der Waals surface area contributed by atoms with Crippen molar-refractivity contribution in [2.24, 2.45) is 0 Å². The summed E-state index contributed by atoms with van der Waals surface area (Å²) in [6.07, 6.45) is 1.40. The largest absolute Gasteiger partial charge is 0.392 e.